The van der Waals surface area contributed by atoms with Crippen LogP contribution in [0.4, 0.5) is 11.5 Å². The van der Waals surface area contributed by atoms with E-state index >= 15 is 0 Å². The molecule has 0 radical (unpaired) electrons. The molecule has 2 heterocycles. The van der Waals surface area contributed by atoms with E-state index in [1.54, 1.807) is 29.5 Å². The molecule has 0 spiro atoms. The Hall–Kier alpha value is -3.25. The number of fused-ring (bicyclic) bond motifs is 1. The molecule has 4 aromatic rings. The molecule has 2 aromatic carbocycles. The number of hydrogen-bond acceptors (Lipinski definition) is 5. The second-order valence-corrected chi connectivity index (χ2v) is 7.31. The van der Waals surface area contributed by atoms with Crippen LogP contribution in [0.1, 0.15) is 21.7 Å². The van der Waals surface area contributed by atoms with Crippen LogP contribution >= 0.6 is 11.3 Å². The number of aromatic carboxylic acids is 1. The summed E-state index contributed by atoms with van der Waals surface area (Å²) in [6, 6.07) is 17.2. The van der Waals surface area contributed by atoms with E-state index in [2.05, 4.69) is 33.5 Å². The summed E-state index contributed by atoms with van der Waals surface area (Å²) in [7, 11) is 0. The molecule has 5 nitrogen and oxygen atoms in total. The number of aromatic nitrogens is 2. The van der Waals surface area contributed by atoms with E-state index in [4.69, 9.17) is 0 Å². The fraction of sp³-hybridized carbons (Fsp3) is 0.0952. The molecule has 2 aromatic heterocycles. The van der Waals surface area contributed by atoms with Crippen molar-refractivity contribution in [3.63, 3.8) is 0 Å². The van der Waals surface area contributed by atoms with Crippen LogP contribution in [0.2, 0.25) is 0 Å². The summed E-state index contributed by atoms with van der Waals surface area (Å²) in [5.74, 6) is 0.393. The van der Waals surface area contributed by atoms with Gasteiger partial charge in [0.1, 0.15) is 16.5 Å². The SMILES string of the molecule is Cc1nc(Nc2cc(C(=O)O)ccc2C)c2cc(-c3ccccc3)sc2n1. The molecular weight excluding hydrogens is 358 g/mol. The predicted molar refractivity (Wildman–Crippen MR) is 109 cm³/mol. The Labute approximate surface area is 160 Å². The lowest BCUT2D eigenvalue weighted by atomic mass is 10.1. The van der Waals surface area contributed by atoms with Crippen LogP contribution < -0.4 is 5.32 Å². The Kier molecular flexibility index (Phi) is 4.33. The van der Waals surface area contributed by atoms with Crippen molar-refractivity contribution in [1.29, 1.82) is 0 Å². The average Bonchev–Trinajstić information content (AvgIpc) is 3.08. The van der Waals surface area contributed by atoms with Crippen LogP contribution in [-0.4, -0.2) is 21.0 Å². The zero-order chi connectivity index (χ0) is 19.0. The van der Waals surface area contributed by atoms with Crippen molar-refractivity contribution in [2.24, 2.45) is 0 Å². The molecule has 0 amide bonds. The van der Waals surface area contributed by atoms with Crippen LogP contribution in [0.15, 0.2) is 54.6 Å². The lowest BCUT2D eigenvalue weighted by Gasteiger charge is -2.11. The van der Waals surface area contributed by atoms with Gasteiger partial charge in [0.05, 0.1) is 10.9 Å². The molecular formula is C21H17N3O2S. The lowest BCUT2D eigenvalue weighted by Crippen LogP contribution is -2.02. The van der Waals surface area contributed by atoms with Crippen LogP contribution in [0.25, 0.3) is 20.7 Å². The monoisotopic (exact) mass is 375 g/mol. The number of nitrogens with zero attached hydrogens (tertiary/aromatic N) is 2. The first-order valence-electron chi connectivity index (χ1n) is 8.46. The number of rotatable bonds is 4. The number of aryl methyl sites for hydroxylation is 2. The highest BCUT2D eigenvalue weighted by molar-refractivity contribution is 7.21. The standard InChI is InChI=1S/C21H17N3O2S/c1-12-8-9-15(21(25)26)10-17(12)24-19-16-11-18(14-6-4-3-5-7-14)27-20(16)23-13(2)22-19/h3-11H,1-2H3,(H,25,26)(H,22,23,24). The second kappa shape index (κ2) is 6.81. The number of carbonyl (C=O) groups is 1. The van der Waals surface area contributed by atoms with Gasteiger partial charge in [0.2, 0.25) is 0 Å². The van der Waals surface area contributed by atoms with Crippen molar-refractivity contribution >= 4 is 39.0 Å². The zero-order valence-electron chi connectivity index (χ0n) is 14.9. The van der Waals surface area contributed by atoms with Gasteiger partial charge in [0.15, 0.2) is 0 Å². The fourth-order valence-corrected chi connectivity index (χ4v) is 3.97. The van der Waals surface area contributed by atoms with Gasteiger partial charge in [-0.1, -0.05) is 36.4 Å². The van der Waals surface area contributed by atoms with E-state index in [1.165, 1.54) is 0 Å². The van der Waals surface area contributed by atoms with Gasteiger partial charge >= 0.3 is 5.97 Å². The van der Waals surface area contributed by atoms with E-state index in [1.807, 2.05) is 32.0 Å². The third kappa shape index (κ3) is 3.39. The molecule has 6 heteroatoms. The van der Waals surface area contributed by atoms with Gasteiger partial charge in [-0.3, -0.25) is 0 Å². The number of anilines is 2. The van der Waals surface area contributed by atoms with Gasteiger partial charge < -0.3 is 10.4 Å². The van der Waals surface area contributed by atoms with Gasteiger partial charge in [-0.25, -0.2) is 14.8 Å². The van der Waals surface area contributed by atoms with Crippen molar-refractivity contribution in [3.05, 3.63) is 71.5 Å². The molecule has 0 aliphatic heterocycles. The molecule has 0 unspecified atom stereocenters. The Morgan fingerprint density at radius 2 is 1.81 bits per heavy atom. The zero-order valence-corrected chi connectivity index (χ0v) is 15.7. The highest BCUT2D eigenvalue weighted by atomic mass is 32.1. The van der Waals surface area contributed by atoms with Crippen LogP contribution in [0.3, 0.4) is 0 Å². The Morgan fingerprint density at radius 1 is 1.04 bits per heavy atom. The van der Waals surface area contributed by atoms with Crippen molar-refractivity contribution < 1.29 is 9.90 Å². The number of carboxylic acid groups (broad SMARTS) is 1. The number of carboxylic acids is 1. The minimum atomic E-state index is -0.955. The van der Waals surface area contributed by atoms with Gasteiger partial charge in [-0.15, -0.1) is 11.3 Å². The molecule has 4 rings (SSSR count). The third-order valence-corrected chi connectivity index (χ3v) is 5.38. The molecule has 134 valence electrons. The molecule has 27 heavy (non-hydrogen) atoms. The molecule has 2 N–H and O–H groups in total. The van der Waals surface area contributed by atoms with Crippen molar-refractivity contribution in [1.82, 2.24) is 9.97 Å². The topological polar surface area (TPSA) is 75.1 Å². The average molecular weight is 375 g/mol. The summed E-state index contributed by atoms with van der Waals surface area (Å²) in [5.41, 5.74) is 3.04. The number of nitrogens with one attached hydrogen (secondary N) is 1. The maximum absolute atomic E-state index is 11.3. The van der Waals surface area contributed by atoms with Crippen molar-refractivity contribution in [2.45, 2.75) is 13.8 Å². The Balaban J connectivity index is 1.81. The highest BCUT2D eigenvalue weighted by Crippen LogP contribution is 2.36. The van der Waals surface area contributed by atoms with E-state index in [0.29, 0.717) is 11.6 Å². The minimum absolute atomic E-state index is 0.236. The van der Waals surface area contributed by atoms with E-state index in [0.717, 1.165) is 31.9 Å². The maximum Gasteiger partial charge on any atom is 0.335 e. The summed E-state index contributed by atoms with van der Waals surface area (Å²) >= 11 is 1.62. The number of thiophene rings is 1. The largest absolute Gasteiger partial charge is 0.478 e. The fourth-order valence-electron chi connectivity index (χ4n) is 2.89. The maximum atomic E-state index is 11.3. The van der Waals surface area contributed by atoms with Gasteiger partial charge in [-0.05, 0) is 43.2 Å². The molecule has 0 saturated heterocycles. The Morgan fingerprint density at radius 3 is 2.56 bits per heavy atom. The molecule has 0 atom stereocenters. The molecule has 0 aliphatic rings. The van der Waals surface area contributed by atoms with Gasteiger partial charge in [0, 0.05) is 10.6 Å². The first-order valence-corrected chi connectivity index (χ1v) is 9.27. The first kappa shape index (κ1) is 17.2. The summed E-state index contributed by atoms with van der Waals surface area (Å²) in [5, 5.41) is 13.5. The smallest absolute Gasteiger partial charge is 0.335 e. The normalized spacial score (nSPS) is 10.9. The summed E-state index contributed by atoms with van der Waals surface area (Å²) in [6.45, 7) is 3.79. The predicted octanol–water partition coefficient (Wildman–Crippen LogP) is 5.42. The quantitative estimate of drug-likeness (QED) is 0.498. The lowest BCUT2D eigenvalue weighted by molar-refractivity contribution is 0.0697. The second-order valence-electron chi connectivity index (χ2n) is 6.27. The summed E-state index contributed by atoms with van der Waals surface area (Å²) in [4.78, 5) is 22.4. The van der Waals surface area contributed by atoms with Crippen LogP contribution in [0.5, 0.6) is 0 Å². The van der Waals surface area contributed by atoms with E-state index in [-0.39, 0.29) is 5.56 Å². The minimum Gasteiger partial charge on any atom is -0.478 e. The first-order chi connectivity index (χ1) is 13.0. The number of benzene rings is 2. The van der Waals surface area contributed by atoms with Crippen LogP contribution in [-0.2, 0) is 0 Å². The molecule has 0 aliphatic carbocycles. The summed E-state index contributed by atoms with van der Waals surface area (Å²) in [6.07, 6.45) is 0. The molecule has 0 saturated carbocycles. The van der Waals surface area contributed by atoms with E-state index < -0.39 is 5.97 Å². The van der Waals surface area contributed by atoms with Gasteiger partial charge in [0.25, 0.3) is 0 Å². The van der Waals surface area contributed by atoms with Crippen molar-refractivity contribution in [2.75, 3.05) is 5.32 Å². The van der Waals surface area contributed by atoms with Crippen molar-refractivity contribution in [3.8, 4) is 10.4 Å². The highest BCUT2D eigenvalue weighted by Gasteiger charge is 2.13. The molecule has 0 bridgehead atoms. The van der Waals surface area contributed by atoms with E-state index in [9.17, 15) is 9.90 Å². The van der Waals surface area contributed by atoms with Gasteiger partial charge in [-0.2, -0.15) is 0 Å². The Bertz CT molecular complexity index is 1150. The summed E-state index contributed by atoms with van der Waals surface area (Å²) < 4.78 is 0. The number of hydrogen-bond donors (Lipinski definition) is 2. The third-order valence-electron chi connectivity index (χ3n) is 4.30. The van der Waals surface area contributed by atoms with Crippen LogP contribution in [0, 0.1) is 13.8 Å². The molecule has 0 fully saturated rings.